The Bertz CT molecular complexity index is 720. The summed E-state index contributed by atoms with van der Waals surface area (Å²) in [5.41, 5.74) is 1.01. The van der Waals surface area contributed by atoms with Gasteiger partial charge in [0.1, 0.15) is 4.83 Å². The van der Waals surface area contributed by atoms with Crippen LogP contribution in [0, 0.1) is 64.1 Å². The van der Waals surface area contributed by atoms with E-state index in [0.717, 1.165) is 60.2 Å². The second-order valence-electron chi connectivity index (χ2n) is 14.1. The summed E-state index contributed by atoms with van der Waals surface area (Å²) >= 11 is 3.51. The molecular formula is C31H53BrO2. The van der Waals surface area contributed by atoms with Gasteiger partial charge in [-0.05, 0) is 128 Å². The molecule has 196 valence electrons. The highest BCUT2D eigenvalue weighted by atomic mass is 79.9. The topological polar surface area (TPSA) is 37.3 Å². The van der Waals surface area contributed by atoms with Gasteiger partial charge in [-0.1, -0.05) is 70.3 Å². The molecule has 4 saturated carbocycles. The number of alkyl halides is 1. The lowest BCUT2D eigenvalue weighted by atomic mass is 9.44. The molecule has 4 aliphatic carbocycles. The minimum absolute atomic E-state index is 0.315. The van der Waals surface area contributed by atoms with E-state index in [1.165, 1.54) is 64.2 Å². The number of carboxylic acid groups (broad SMARTS) is 1. The smallest absolute Gasteiger partial charge is 0.317 e. The van der Waals surface area contributed by atoms with E-state index >= 15 is 0 Å². The lowest BCUT2D eigenvalue weighted by Gasteiger charge is -2.61. The molecular weight excluding hydrogens is 484 g/mol. The van der Waals surface area contributed by atoms with Crippen molar-refractivity contribution in [1.29, 1.82) is 0 Å². The monoisotopic (exact) mass is 536 g/mol. The fourth-order valence-corrected chi connectivity index (χ4v) is 10.9. The molecule has 0 heterocycles. The van der Waals surface area contributed by atoms with E-state index in [0.29, 0.717) is 16.7 Å². The molecule has 4 rings (SSSR count). The third-order valence-electron chi connectivity index (χ3n) is 12.6. The van der Waals surface area contributed by atoms with E-state index < -0.39 is 5.97 Å². The van der Waals surface area contributed by atoms with Gasteiger partial charge in [-0.15, -0.1) is 0 Å². The van der Waals surface area contributed by atoms with Gasteiger partial charge in [0.15, 0.2) is 0 Å². The summed E-state index contributed by atoms with van der Waals surface area (Å²) in [4.78, 5) is 11.2. The predicted molar refractivity (Wildman–Crippen MR) is 146 cm³/mol. The summed E-state index contributed by atoms with van der Waals surface area (Å²) in [6, 6.07) is 0. The highest BCUT2D eigenvalue weighted by Crippen LogP contribution is 2.69. The molecule has 0 radical (unpaired) electrons. The highest BCUT2D eigenvalue weighted by Gasteiger charge is 2.60. The molecule has 0 aromatic heterocycles. The van der Waals surface area contributed by atoms with Crippen molar-refractivity contribution in [2.45, 2.75) is 123 Å². The highest BCUT2D eigenvalue weighted by molar-refractivity contribution is 9.10. The van der Waals surface area contributed by atoms with Crippen molar-refractivity contribution in [1.82, 2.24) is 0 Å². The minimum atomic E-state index is -0.666. The quantitative estimate of drug-likeness (QED) is 0.313. The average molecular weight is 538 g/mol. The van der Waals surface area contributed by atoms with E-state index in [9.17, 15) is 9.90 Å². The first-order valence-electron chi connectivity index (χ1n) is 14.9. The van der Waals surface area contributed by atoms with Gasteiger partial charge in [0.2, 0.25) is 0 Å². The van der Waals surface area contributed by atoms with E-state index in [1.54, 1.807) is 0 Å². The first-order chi connectivity index (χ1) is 16.0. The first-order valence-corrected chi connectivity index (χ1v) is 15.8. The van der Waals surface area contributed by atoms with Crippen LogP contribution < -0.4 is 0 Å². The molecule has 0 amide bonds. The summed E-state index contributed by atoms with van der Waals surface area (Å²) in [5.74, 6) is 6.63. The van der Waals surface area contributed by atoms with Crippen molar-refractivity contribution < 1.29 is 9.90 Å². The summed E-state index contributed by atoms with van der Waals surface area (Å²) in [7, 11) is 0. The number of hydrogen-bond acceptors (Lipinski definition) is 1. The van der Waals surface area contributed by atoms with Gasteiger partial charge < -0.3 is 5.11 Å². The normalized spacial score (nSPS) is 44.6. The number of aliphatic carboxylic acids is 1. The molecule has 0 aromatic carbocycles. The van der Waals surface area contributed by atoms with Gasteiger partial charge >= 0.3 is 5.97 Å². The molecule has 11 atom stereocenters. The van der Waals surface area contributed by atoms with Gasteiger partial charge in [-0.3, -0.25) is 4.79 Å². The van der Waals surface area contributed by atoms with Crippen LogP contribution in [0.15, 0.2) is 0 Å². The van der Waals surface area contributed by atoms with Gasteiger partial charge in [0.25, 0.3) is 0 Å². The van der Waals surface area contributed by atoms with E-state index in [1.807, 2.05) is 0 Å². The lowest BCUT2D eigenvalue weighted by Crippen LogP contribution is -2.54. The molecule has 2 nitrogen and oxygen atoms in total. The van der Waals surface area contributed by atoms with Crippen molar-refractivity contribution in [2.24, 2.45) is 64.1 Å². The van der Waals surface area contributed by atoms with Crippen LogP contribution in [0.1, 0.15) is 119 Å². The standard InChI is InChI=1S/C31H53BrO2/c1-7-21(19(2)3)9-8-20(4)25-12-13-26-24-11-10-23-18-22(28(32)29(33)34)14-16-30(23,5)27(24)15-17-31(25,26)6/h19-28H,7-18H2,1-6H3,(H,33,34)/t20-,21-,22+,23+,24?,25-,26?,27?,28?,30+,31-/m1/s1. The van der Waals surface area contributed by atoms with Crippen molar-refractivity contribution in [2.75, 3.05) is 0 Å². The summed E-state index contributed by atoms with van der Waals surface area (Å²) in [5, 5.41) is 9.55. The maximum Gasteiger partial charge on any atom is 0.317 e. The predicted octanol–water partition coefficient (Wildman–Crippen LogP) is 9.21. The molecule has 4 aliphatic rings. The molecule has 4 unspecified atom stereocenters. The zero-order valence-corrected chi connectivity index (χ0v) is 24.6. The number of rotatable bonds is 8. The Kier molecular flexibility index (Phi) is 8.23. The van der Waals surface area contributed by atoms with E-state index in [4.69, 9.17) is 0 Å². The largest absolute Gasteiger partial charge is 0.480 e. The molecule has 1 N–H and O–H groups in total. The summed E-state index contributed by atoms with van der Waals surface area (Å²) < 4.78 is 0. The Balaban J connectivity index is 1.43. The minimum Gasteiger partial charge on any atom is -0.480 e. The van der Waals surface area contributed by atoms with Crippen LogP contribution in [0.5, 0.6) is 0 Å². The Morgan fingerprint density at radius 2 is 1.62 bits per heavy atom. The molecule has 0 spiro atoms. The fraction of sp³-hybridized carbons (Fsp3) is 0.968. The van der Waals surface area contributed by atoms with Crippen molar-refractivity contribution in [3.8, 4) is 0 Å². The number of fused-ring (bicyclic) bond motifs is 5. The Morgan fingerprint density at radius 1 is 0.941 bits per heavy atom. The second kappa shape index (κ2) is 10.4. The molecule has 34 heavy (non-hydrogen) atoms. The maximum absolute atomic E-state index is 11.6. The number of halogens is 1. The fourth-order valence-electron chi connectivity index (χ4n) is 10.4. The first kappa shape index (κ1) is 27.0. The molecule has 0 saturated heterocycles. The van der Waals surface area contributed by atoms with Gasteiger partial charge in [0, 0.05) is 0 Å². The molecule has 0 bridgehead atoms. The Morgan fingerprint density at radius 3 is 2.26 bits per heavy atom. The van der Waals surface area contributed by atoms with Crippen molar-refractivity contribution in [3.05, 3.63) is 0 Å². The second-order valence-corrected chi connectivity index (χ2v) is 15.1. The lowest BCUT2D eigenvalue weighted by molar-refractivity contribution is -0.141. The Labute approximate surface area is 218 Å². The molecule has 4 fully saturated rings. The van der Waals surface area contributed by atoms with Crippen LogP contribution in [0.4, 0.5) is 0 Å². The summed E-state index contributed by atoms with van der Waals surface area (Å²) in [6.45, 7) is 15.1. The van der Waals surface area contributed by atoms with Crippen molar-refractivity contribution in [3.63, 3.8) is 0 Å². The molecule has 0 aliphatic heterocycles. The molecule has 0 aromatic rings. The zero-order valence-electron chi connectivity index (χ0n) is 23.0. The van der Waals surface area contributed by atoms with Crippen LogP contribution in [-0.2, 0) is 4.79 Å². The third-order valence-corrected chi connectivity index (χ3v) is 13.7. The van der Waals surface area contributed by atoms with Crippen LogP contribution in [0.2, 0.25) is 0 Å². The number of carboxylic acids is 1. The van der Waals surface area contributed by atoms with Crippen LogP contribution in [0.25, 0.3) is 0 Å². The van der Waals surface area contributed by atoms with E-state index in [-0.39, 0.29) is 4.83 Å². The van der Waals surface area contributed by atoms with Gasteiger partial charge in [0.05, 0.1) is 0 Å². The van der Waals surface area contributed by atoms with Crippen LogP contribution in [-0.4, -0.2) is 15.9 Å². The van der Waals surface area contributed by atoms with Gasteiger partial charge in [-0.2, -0.15) is 0 Å². The number of carbonyl (C=O) groups is 1. The Hall–Kier alpha value is -0.0500. The average Bonchev–Trinajstić information content (AvgIpc) is 3.15. The molecule has 3 heteroatoms. The SMILES string of the molecule is CC[C@H](CC[C@@H](C)[C@H]1CCC2C3CC[C@H]4C[C@@H](C(Br)C(=O)O)CC[C@]4(C)C3CC[C@@]21C)C(C)C. The van der Waals surface area contributed by atoms with E-state index in [2.05, 4.69) is 57.5 Å². The summed E-state index contributed by atoms with van der Waals surface area (Å²) in [6.07, 6.45) is 16.2. The zero-order chi connectivity index (χ0) is 24.8. The van der Waals surface area contributed by atoms with Crippen LogP contribution in [0.3, 0.4) is 0 Å². The van der Waals surface area contributed by atoms with Crippen LogP contribution >= 0.6 is 15.9 Å². The third kappa shape index (κ3) is 4.67. The van der Waals surface area contributed by atoms with Gasteiger partial charge in [-0.25, -0.2) is 0 Å². The van der Waals surface area contributed by atoms with Crippen molar-refractivity contribution >= 4 is 21.9 Å². The number of hydrogen-bond donors (Lipinski definition) is 1. The maximum atomic E-state index is 11.6.